The van der Waals surface area contributed by atoms with Gasteiger partial charge in [-0.25, -0.2) is 0 Å². The van der Waals surface area contributed by atoms with Crippen LogP contribution in [0.1, 0.15) is 44.0 Å². The van der Waals surface area contributed by atoms with Crippen LogP contribution in [-0.2, 0) is 4.79 Å². The smallest absolute Gasteiger partial charge is 0.265 e. The molecule has 6 heteroatoms. The van der Waals surface area contributed by atoms with Crippen LogP contribution >= 0.6 is 0 Å². The van der Waals surface area contributed by atoms with Crippen LogP contribution in [0.25, 0.3) is 0 Å². The molecule has 0 aliphatic heterocycles. The molecule has 0 aliphatic carbocycles. The van der Waals surface area contributed by atoms with E-state index in [0.29, 0.717) is 29.2 Å². The lowest BCUT2D eigenvalue weighted by molar-refractivity contribution is -0.122. The summed E-state index contributed by atoms with van der Waals surface area (Å²) in [4.78, 5) is 25.2. The minimum atomic E-state index is -0.681. The Morgan fingerprint density at radius 1 is 0.964 bits per heavy atom. The van der Waals surface area contributed by atoms with Gasteiger partial charge in [0.1, 0.15) is 11.5 Å². The number of hydrogen-bond acceptors (Lipinski definition) is 4. The molecule has 0 heterocycles. The molecule has 0 saturated heterocycles. The van der Waals surface area contributed by atoms with Crippen molar-refractivity contribution in [2.24, 2.45) is 0 Å². The maximum atomic E-state index is 12.7. The maximum absolute atomic E-state index is 12.7. The average Bonchev–Trinajstić information content (AvgIpc) is 2.72. The van der Waals surface area contributed by atoms with E-state index in [2.05, 4.69) is 10.6 Å². The molecule has 0 aliphatic rings. The number of anilines is 1. The first-order valence-electron chi connectivity index (χ1n) is 9.49. The number of carbonyl (C=O) groups is 2. The summed E-state index contributed by atoms with van der Waals surface area (Å²) in [6.45, 7) is 5.81. The third-order valence-electron chi connectivity index (χ3n) is 4.42. The third-order valence-corrected chi connectivity index (χ3v) is 4.42. The summed E-state index contributed by atoms with van der Waals surface area (Å²) in [5.41, 5.74) is 0.889. The Hall–Kier alpha value is -3.02. The van der Waals surface area contributed by atoms with Crippen LogP contribution in [0, 0.1) is 0 Å². The highest BCUT2D eigenvalue weighted by atomic mass is 16.5. The van der Waals surface area contributed by atoms with Crippen LogP contribution in [0.4, 0.5) is 5.69 Å². The summed E-state index contributed by atoms with van der Waals surface area (Å²) in [5.74, 6) is 0.771. The van der Waals surface area contributed by atoms with Gasteiger partial charge in [0.15, 0.2) is 6.10 Å². The Bertz CT molecular complexity index is 789. The number of carbonyl (C=O) groups excluding carboxylic acids is 2. The highest BCUT2D eigenvalue weighted by Crippen LogP contribution is 2.21. The molecule has 2 aromatic carbocycles. The topological polar surface area (TPSA) is 76.7 Å². The zero-order chi connectivity index (χ0) is 20.5. The first-order chi connectivity index (χ1) is 13.5. The van der Waals surface area contributed by atoms with Gasteiger partial charge in [-0.3, -0.25) is 9.59 Å². The molecule has 0 saturated carbocycles. The van der Waals surface area contributed by atoms with Crippen molar-refractivity contribution in [1.29, 1.82) is 0 Å². The molecule has 0 spiro atoms. The number of rotatable bonds is 9. The fourth-order valence-corrected chi connectivity index (χ4v) is 2.55. The van der Waals surface area contributed by atoms with Crippen molar-refractivity contribution in [2.45, 2.75) is 45.8 Å². The van der Waals surface area contributed by atoms with E-state index in [9.17, 15) is 9.59 Å². The van der Waals surface area contributed by atoms with Gasteiger partial charge in [0.2, 0.25) is 0 Å². The predicted octanol–water partition coefficient (Wildman–Crippen LogP) is 4.02. The second kappa shape index (κ2) is 10.3. The summed E-state index contributed by atoms with van der Waals surface area (Å²) in [6.07, 6.45) is 0.631. The first kappa shape index (κ1) is 21.3. The van der Waals surface area contributed by atoms with Crippen molar-refractivity contribution >= 4 is 17.5 Å². The normalized spacial score (nSPS) is 12.6. The number of benzene rings is 2. The molecule has 2 N–H and O–H groups in total. The molecule has 0 unspecified atom stereocenters. The molecule has 28 heavy (non-hydrogen) atoms. The van der Waals surface area contributed by atoms with Crippen LogP contribution in [0.3, 0.4) is 0 Å². The molecule has 2 amide bonds. The molecule has 150 valence electrons. The number of hydrogen-bond donors (Lipinski definition) is 2. The summed E-state index contributed by atoms with van der Waals surface area (Å²) in [5, 5.41) is 5.75. The zero-order valence-corrected chi connectivity index (χ0v) is 16.8. The van der Waals surface area contributed by atoms with E-state index in [4.69, 9.17) is 9.47 Å². The van der Waals surface area contributed by atoms with Gasteiger partial charge in [-0.1, -0.05) is 26.0 Å². The fraction of sp³-hybridized carbons (Fsp3) is 0.364. The Balaban J connectivity index is 2.10. The third kappa shape index (κ3) is 5.74. The lowest BCUT2D eigenvalue weighted by atomic mass is 10.1. The van der Waals surface area contributed by atoms with E-state index < -0.39 is 6.10 Å². The standard InChI is InChI=1S/C22H28N2O4/c1-5-15(3)23-21(25)18-9-7-8-10-19(18)24-22(26)20(6-2)28-17-13-11-16(27-4)12-14-17/h7-15,20H,5-6H2,1-4H3,(H,23,25)(H,24,26)/t15-,20+/m1/s1. The van der Waals surface area contributed by atoms with Gasteiger partial charge >= 0.3 is 0 Å². The Morgan fingerprint density at radius 2 is 1.61 bits per heavy atom. The van der Waals surface area contributed by atoms with Crippen molar-refractivity contribution < 1.29 is 19.1 Å². The molecule has 0 radical (unpaired) electrons. The first-order valence-corrected chi connectivity index (χ1v) is 9.49. The van der Waals surface area contributed by atoms with Crippen LogP contribution in [-0.4, -0.2) is 31.1 Å². The van der Waals surface area contributed by atoms with Crippen LogP contribution in [0.5, 0.6) is 11.5 Å². The summed E-state index contributed by atoms with van der Waals surface area (Å²) >= 11 is 0. The van der Waals surface area contributed by atoms with Gasteiger partial charge in [-0.15, -0.1) is 0 Å². The number of amides is 2. The van der Waals surface area contributed by atoms with Crippen LogP contribution in [0.2, 0.25) is 0 Å². The van der Waals surface area contributed by atoms with Crippen LogP contribution < -0.4 is 20.1 Å². The van der Waals surface area contributed by atoms with Crippen molar-refractivity contribution in [3.05, 3.63) is 54.1 Å². The lowest BCUT2D eigenvalue weighted by Crippen LogP contribution is -2.35. The molecule has 0 aromatic heterocycles. The molecule has 2 atom stereocenters. The Kier molecular flexibility index (Phi) is 7.87. The van der Waals surface area contributed by atoms with Gasteiger partial charge in [0.25, 0.3) is 11.8 Å². The number of nitrogens with one attached hydrogen (secondary N) is 2. The molecule has 0 bridgehead atoms. The van der Waals surface area contributed by atoms with E-state index in [-0.39, 0.29) is 17.9 Å². The second-order valence-electron chi connectivity index (χ2n) is 6.51. The highest BCUT2D eigenvalue weighted by molar-refractivity contribution is 6.04. The molecule has 0 fully saturated rings. The Morgan fingerprint density at radius 3 is 2.21 bits per heavy atom. The largest absolute Gasteiger partial charge is 0.497 e. The number of para-hydroxylation sites is 1. The van der Waals surface area contributed by atoms with Gasteiger partial charge in [0, 0.05) is 6.04 Å². The molecule has 2 rings (SSSR count). The average molecular weight is 384 g/mol. The van der Waals surface area contributed by atoms with Gasteiger partial charge in [0.05, 0.1) is 18.4 Å². The Labute approximate surface area is 166 Å². The van der Waals surface area contributed by atoms with Gasteiger partial charge in [-0.05, 0) is 56.2 Å². The van der Waals surface area contributed by atoms with Crippen molar-refractivity contribution in [3.63, 3.8) is 0 Å². The van der Waals surface area contributed by atoms with E-state index in [1.807, 2.05) is 20.8 Å². The zero-order valence-electron chi connectivity index (χ0n) is 16.8. The minimum absolute atomic E-state index is 0.0538. The lowest BCUT2D eigenvalue weighted by Gasteiger charge is -2.19. The summed E-state index contributed by atoms with van der Waals surface area (Å²) in [7, 11) is 1.59. The van der Waals surface area contributed by atoms with Gasteiger partial charge in [-0.2, -0.15) is 0 Å². The number of ether oxygens (including phenoxy) is 2. The van der Waals surface area contributed by atoms with E-state index >= 15 is 0 Å². The second-order valence-corrected chi connectivity index (χ2v) is 6.51. The highest BCUT2D eigenvalue weighted by Gasteiger charge is 2.21. The van der Waals surface area contributed by atoms with Crippen LogP contribution in [0.15, 0.2) is 48.5 Å². The van der Waals surface area contributed by atoms with Gasteiger partial charge < -0.3 is 20.1 Å². The number of methoxy groups -OCH3 is 1. The molecular formula is C22H28N2O4. The fourth-order valence-electron chi connectivity index (χ4n) is 2.55. The van der Waals surface area contributed by atoms with E-state index in [1.54, 1.807) is 55.6 Å². The SMILES string of the molecule is CC[C@@H](C)NC(=O)c1ccccc1NC(=O)[C@H](CC)Oc1ccc(OC)cc1. The van der Waals surface area contributed by atoms with E-state index in [1.165, 1.54) is 0 Å². The predicted molar refractivity (Wildman–Crippen MR) is 110 cm³/mol. The molecule has 6 nitrogen and oxygen atoms in total. The monoisotopic (exact) mass is 384 g/mol. The maximum Gasteiger partial charge on any atom is 0.265 e. The van der Waals surface area contributed by atoms with Crippen molar-refractivity contribution in [2.75, 3.05) is 12.4 Å². The molecular weight excluding hydrogens is 356 g/mol. The van der Waals surface area contributed by atoms with Crippen molar-refractivity contribution in [1.82, 2.24) is 5.32 Å². The summed E-state index contributed by atoms with van der Waals surface area (Å²) < 4.78 is 10.9. The molecule has 2 aromatic rings. The quantitative estimate of drug-likeness (QED) is 0.685. The minimum Gasteiger partial charge on any atom is -0.497 e. The van der Waals surface area contributed by atoms with Crippen molar-refractivity contribution in [3.8, 4) is 11.5 Å². The van der Waals surface area contributed by atoms with E-state index in [0.717, 1.165) is 6.42 Å². The summed E-state index contributed by atoms with van der Waals surface area (Å²) in [6, 6.07) is 14.1.